The minimum absolute atomic E-state index is 0.0000666. The Hall–Kier alpha value is -1.58. The Labute approximate surface area is 107 Å². The second-order valence-corrected chi connectivity index (χ2v) is 5.34. The van der Waals surface area contributed by atoms with Crippen molar-refractivity contribution in [1.29, 1.82) is 0 Å². The van der Waals surface area contributed by atoms with Crippen LogP contribution in [0.3, 0.4) is 0 Å². The number of nitrogens with one attached hydrogen (secondary N) is 2. The number of rotatable bonds is 4. The van der Waals surface area contributed by atoms with E-state index in [9.17, 15) is 4.79 Å². The normalized spacial score (nSPS) is 19.8. The van der Waals surface area contributed by atoms with E-state index >= 15 is 0 Å². The molecule has 1 aromatic heterocycles. The van der Waals surface area contributed by atoms with Crippen LogP contribution in [0.5, 0.6) is 0 Å². The van der Waals surface area contributed by atoms with Gasteiger partial charge in [0.1, 0.15) is 0 Å². The Kier molecular flexibility index (Phi) is 3.17. The van der Waals surface area contributed by atoms with Crippen LogP contribution in [-0.2, 0) is 0 Å². The molecule has 0 bridgehead atoms. The van der Waals surface area contributed by atoms with Gasteiger partial charge in [0.25, 0.3) is 5.91 Å². The Bertz CT molecular complexity index is 436. The SMILES string of the molecule is O=C(NC1CC1)c1cncc(NC2CCCC2)c1. The van der Waals surface area contributed by atoms with Gasteiger partial charge in [-0.15, -0.1) is 0 Å². The van der Waals surface area contributed by atoms with Crippen molar-refractivity contribution in [2.75, 3.05) is 5.32 Å². The van der Waals surface area contributed by atoms with Crippen LogP contribution in [0.1, 0.15) is 48.9 Å². The number of hydrogen-bond acceptors (Lipinski definition) is 3. The highest BCUT2D eigenvalue weighted by atomic mass is 16.1. The van der Waals surface area contributed by atoms with Crippen LogP contribution in [-0.4, -0.2) is 23.0 Å². The van der Waals surface area contributed by atoms with Crippen LogP contribution in [0.15, 0.2) is 18.5 Å². The molecule has 1 amide bonds. The molecule has 4 nitrogen and oxygen atoms in total. The molecule has 1 heterocycles. The van der Waals surface area contributed by atoms with Gasteiger partial charge >= 0.3 is 0 Å². The molecule has 0 saturated heterocycles. The van der Waals surface area contributed by atoms with Gasteiger partial charge < -0.3 is 10.6 Å². The van der Waals surface area contributed by atoms with Crippen LogP contribution in [0, 0.1) is 0 Å². The minimum atomic E-state index is 0.0000666. The van der Waals surface area contributed by atoms with Crippen molar-refractivity contribution in [3.63, 3.8) is 0 Å². The second kappa shape index (κ2) is 4.96. The minimum Gasteiger partial charge on any atom is -0.381 e. The fourth-order valence-corrected chi connectivity index (χ4v) is 2.45. The third-order valence-corrected chi connectivity index (χ3v) is 3.64. The number of carbonyl (C=O) groups excluding carboxylic acids is 1. The molecule has 3 rings (SSSR count). The third kappa shape index (κ3) is 2.81. The quantitative estimate of drug-likeness (QED) is 0.856. The highest BCUT2D eigenvalue weighted by Crippen LogP contribution is 2.23. The van der Waals surface area contributed by atoms with Gasteiger partial charge in [-0.25, -0.2) is 0 Å². The number of hydrogen-bond donors (Lipinski definition) is 2. The molecule has 0 radical (unpaired) electrons. The average molecular weight is 245 g/mol. The van der Waals surface area contributed by atoms with Gasteiger partial charge in [-0.1, -0.05) is 12.8 Å². The molecule has 2 N–H and O–H groups in total. The first-order valence-corrected chi connectivity index (χ1v) is 6.84. The maximum Gasteiger partial charge on any atom is 0.253 e. The number of aromatic nitrogens is 1. The lowest BCUT2D eigenvalue weighted by Crippen LogP contribution is -2.25. The van der Waals surface area contributed by atoms with Gasteiger partial charge in [0, 0.05) is 24.5 Å². The van der Waals surface area contributed by atoms with Crippen LogP contribution in [0.4, 0.5) is 5.69 Å². The van der Waals surface area contributed by atoms with Gasteiger partial charge in [-0.2, -0.15) is 0 Å². The number of pyridine rings is 1. The smallest absolute Gasteiger partial charge is 0.253 e. The Morgan fingerprint density at radius 2 is 1.89 bits per heavy atom. The van der Waals surface area contributed by atoms with Crippen molar-refractivity contribution in [1.82, 2.24) is 10.3 Å². The Balaban J connectivity index is 1.65. The van der Waals surface area contributed by atoms with Gasteiger partial charge in [0.2, 0.25) is 0 Å². The van der Waals surface area contributed by atoms with Crippen molar-refractivity contribution in [3.8, 4) is 0 Å². The molecule has 2 saturated carbocycles. The van der Waals surface area contributed by atoms with E-state index < -0.39 is 0 Å². The maximum atomic E-state index is 11.9. The monoisotopic (exact) mass is 245 g/mol. The molecule has 18 heavy (non-hydrogen) atoms. The molecule has 0 atom stereocenters. The largest absolute Gasteiger partial charge is 0.381 e. The molecule has 1 aromatic rings. The van der Waals surface area contributed by atoms with Crippen molar-refractivity contribution >= 4 is 11.6 Å². The van der Waals surface area contributed by atoms with Gasteiger partial charge in [0.05, 0.1) is 11.3 Å². The molecular formula is C14H19N3O. The standard InChI is InChI=1S/C14H19N3O/c18-14(17-12-5-6-12)10-7-13(9-15-8-10)16-11-3-1-2-4-11/h7-9,11-12,16H,1-6H2,(H,17,18). The lowest BCUT2D eigenvalue weighted by atomic mass is 10.2. The lowest BCUT2D eigenvalue weighted by molar-refractivity contribution is 0.0950. The number of nitrogens with zero attached hydrogens (tertiary/aromatic N) is 1. The third-order valence-electron chi connectivity index (χ3n) is 3.64. The summed E-state index contributed by atoms with van der Waals surface area (Å²) in [5.74, 6) is 0.0000666. The van der Waals surface area contributed by atoms with Crippen molar-refractivity contribution in [3.05, 3.63) is 24.0 Å². The molecule has 96 valence electrons. The summed E-state index contributed by atoms with van der Waals surface area (Å²) in [5, 5.41) is 6.45. The maximum absolute atomic E-state index is 11.9. The average Bonchev–Trinajstić information content (AvgIpc) is 3.04. The highest BCUT2D eigenvalue weighted by molar-refractivity contribution is 5.95. The first-order valence-electron chi connectivity index (χ1n) is 6.84. The summed E-state index contributed by atoms with van der Waals surface area (Å²) in [6.45, 7) is 0. The van der Waals surface area contributed by atoms with E-state index in [1.54, 1.807) is 12.4 Å². The zero-order chi connectivity index (χ0) is 12.4. The first kappa shape index (κ1) is 11.5. The van der Waals surface area contributed by atoms with E-state index in [0.29, 0.717) is 17.6 Å². The zero-order valence-electron chi connectivity index (χ0n) is 10.5. The van der Waals surface area contributed by atoms with Crippen LogP contribution in [0.2, 0.25) is 0 Å². The molecule has 2 fully saturated rings. The van der Waals surface area contributed by atoms with Crippen molar-refractivity contribution in [2.45, 2.75) is 50.6 Å². The Morgan fingerprint density at radius 3 is 2.61 bits per heavy atom. The van der Waals surface area contributed by atoms with E-state index in [0.717, 1.165) is 18.5 Å². The van der Waals surface area contributed by atoms with E-state index in [2.05, 4.69) is 15.6 Å². The summed E-state index contributed by atoms with van der Waals surface area (Å²) >= 11 is 0. The summed E-state index contributed by atoms with van der Waals surface area (Å²) in [6, 6.07) is 2.85. The van der Waals surface area contributed by atoms with Crippen molar-refractivity contribution < 1.29 is 4.79 Å². The van der Waals surface area contributed by atoms with Crippen LogP contribution in [0.25, 0.3) is 0 Å². The van der Waals surface area contributed by atoms with Crippen LogP contribution >= 0.6 is 0 Å². The van der Waals surface area contributed by atoms with Crippen LogP contribution < -0.4 is 10.6 Å². The molecule has 2 aliphatic carbocycles. The summed E-state index contributed by atoms with van der Waals surface area (Å²) in [6.07, 6.45) is 10.7. The number of amides is 1. The lowest BCUT2D eigenvalue weighted by Gasteiger charge is -2.13. The molecule has 0 spiro atoms. The number of anilines is 1. The number of carbonyl (C=O) groups is 1. The predicted octanol–water partition coefficient (Wildman–Crippen LogP) is 2.33. The molecular weight excluding hydrogens is 226 g/mol. The highest BCUT2D eigenvalue weighted by Gasteiger charge is 2.24. The molecule has 0 unspecified atom stereocenters. The Morgan fingerprint density at radius 1 is 1.11 bits per heavy atom. The summed E-state index contributed by atoms with van der Waals surface area (Å²) in [4.78, 5) is 16.1. The fraction of sp³-hybridized carbons (Fsp3) is 0.571. The molecule has 0 aromatic carbocycles. The fourth-order valence-electron chi connectivity index (χ4n) is 2.45. The van der Waals surface area contributed by atoms with Gasteiger partial charge in [-0.3, -0.25) is 9.78 Å². The molecule has 4 heteroatoms. The van der Waals surface area contributed by atoms with E-state index in [-0.39, 0.29) is 5.91 Å². The molecule has 0 aliphatic heterocycles. The van der Waals surface area contributed by atoms with Gasteiger partial charge in [0.15, 0.2) is 0 Å². The van der Waals surface area contributed by atoms with Gasteiger partial charge in [-0.05, 0) is 31.7 Å². The zero-order valence-corrected chi connectivity index (χ0v) is 10.5. The van der Waals surface area contributed by atoms with E-state index in [1.165, 1.54) is 25.7 Å². The first-order chi connectivity index (χ1) is 8.81. The summed E-state index contributed by atoms with van der Waals surface area (Å²) in [5.41, 5.74) is 1.62. The predicted molar refractivity (Wildman–Crippen MR) is 70.6 cm³/mol. The summed E-state index contributed by atoms with van der Waals surface area (Å²) in [7, 11) is 0. The summed E-state index contributed by atoms with van der Waals surface area (Å²) < 4.78 is 0. The van der Waals surface area contributed by atoms with Crippen molar-refractivity contribution in [2.24, 2.45) is 0 Å². The molecule has 2 aliphatic rings. The van der Waals surface area contributed by atoms with E-state index in [1.807, 2.05) is 6.07 Å². The van der Waals surface area contributed by atoms with E-state index in [4.69, 9.17) is 0 Å². The second-order valence-electron chi connectivity index (χ2n) is 5.34. The topological polar surface area (TPSA) is 54.0 Å².